The van der Waals surface area contributed by atoms with E-state index in [2.05, 4.69) is 15.4 Å². The van der Waals surface area contributed by atoms with Crippen LogP contribution in [0.2, 0.25) is 4.34 Å². The number of hydrogen-bond donors (Lipinski definition) is 4. The monoisotopic (exact) mass is 643 g/mol. The Morgan fingerprint density at radius 3 is 2.24 bits per heavy atom. The molecule has 10 nitrogen and oxygen atoms in total. The van der Waals surface area contributed by atoms with Crippen LogP contribution in [-0.4, -0.2) is 58.4 Å². The summed E-state index contributed by atoms with van der Waals surface area (Å²) in [7, 11) is -4.29. The third-order valence-electron chi connectivity index (χ3n) is 5.45. The molecule has 220 valence electrons. The molecule has 0 aliphatic rings. The number of aliphatic hydroxyl groups is 2. The molecule has 0 radical (unpaired) electrons. The smallest absolute Gasteiger partial charge is 0.395 e. The van der Waals surface area contributed by atoms with Crippen molar-refractivity contribution in [1.29, 1.82) is 0 Å². The van der Waals surface area contributed by atoms with E-state index < -0.39 is 79.9 Å². The lowest BCUT2D eigenvalue weighted by molar-refractivity contribution is -0.142. The molecule has 3 aromatic heterocycles. The molecular formula is C22H16ClF6N5O5S2. The highest BCUT2D eigenvalue weighted by Crippen LogP contribution is 2.37. The molecule has 1 amide bonds. The van der Waals surface area contributed by atoms with E-state index in [1.807, 2.05) is 4.72 Å². The Hall–Kier alpha value is -3.29. The molecule has 0 fully saturated rings. The molecule has 0 spiro atoms. The lowest BCUT2D eigenvalue weighted by atomic mass is 10.1. The second-order valence-electron chi connectivity index (χ2n) is 8.28. The number of aromatic nitrogens is 3. The molecule has 4 rings (SSSR count). The van der Waals surface area contributed by atoms with Gasteiger partial charge in [-0.3, -0.25) is 4.79 Å². The maximum absolute atomic E-state index is 13.9. The zero-order chi connectivity index (χ0) is 30.3. The number of sulfonamides is 1. The number of alkyl halides is 6. The van der Waals surface area contributed by atoms with E-state index in [-0.39, 0.29) is 15.6 Å². The molecule has 0 bridgehead atoms. The van der Waals surface area contributed by atoms with Gasteiger partial charge < -0.3 is 15.5 Å². The van der Waals surface area contributed by atoms with Crippen molar-refractivity contribution in [2.75, 3.05) is 18.5 Å². The zero-order valence-corrected chi connectivity index (χ0v) is 22.3. The largest absolute Gasteiger partial charge is 0.433 e. The number of carbonyl (C=O) groups is 1. The number of carbonyl (C=O) groups excluding carboxylic acids is 1. The van der Waals surface area contributed by atoms with E-state index in [1.165, 1.54) is 0 Å². The number of rotatable bonds is 8. The number of fused-ring (bicyclic) bond motifs is 1. The molecular weight excluding hydrogens is 628 g/mol. The third kappa shape index (κ3) is 6.47. The Balaban J connectivity index is 1.72. The highest BCUT2D eigenvalue weighted by atomic mass is 35.5. The van der Waals surface area contributed by atoms with Crippen molar-refractivity contribution < 1.29 is 49.8 Å². The number of halogens is 7. The fourth-order valence-electron chi connectivity index (χ4n) is 3.47. The lowest BCUT2D eigenvalue weighted by Crippen LogP contribution is -2.39. The van der Waals surface area contributed by atoms with Crippen LogP contribution in [0.15, 0.2) is 46.8 Å². The zero-order valence-electron chi connectivity index (χ0n) is 20.0. The second-order valence-corrected chi connectivity index (χ2v) is 11.9. The first-order valence-electron chi connectivity index (χ1n) is 11.0. The molecule has 3 heterocycles. The van der Waals surface area contributed by atoms with Crippen molar-refractivity contribution in [3.63, 3.8) is 0 Å². The van der Waals surface area contributed by atoms with E-state index in [1.54, 1.807) is 0 Å². The SMILES string of the molecule is O=C(Nc1cc(S(=O)(=O)NC(CO)CO)sc1Cl)c1cnn2c(C(F)(F)F)cc(-c3ccc(C(F)(F)F)cc3)nc12. The predicted octanol–water partition coefficient (Wildman–Crippen LogP) is 4.03. The van der Waals surface area contributed by atoms with Gasteiger partial charge in [0.05, 0.1) is 42.4 Å². The van der Waals surface area contributed by atoms with Crippen molar-refractivity contribution >= 4 is 50.2 Å². The fraction of sp³-hybridized carbons (Fsp3) is 0.227. The summed E-state index contributed by atoms with van der Waals surface area (Å²) >= 11 is 6.57. The van der Waals surface area contributed by atoms with E-state index in [4.69, 9.17) is 21.8 Å². The topological polar surface area (TPSA) is 146 Å². The Kier molecular flexibility index (Phi) is 8.36. The van der Waals surface area contributed by atoms with Gasteiger partial charge in [-0.25, -0.2) is 22.6 Å². The summed E-state index contributed by atoms with van der Waals surface area (Å²) in [6.45, 7) is -1.43. The Labute approximate surface area is 235 Å². The Morgan fingerprint density at radius 2 is 1.68 bits per heavy atom. The number of hydrogen-bond acceptors (Lipinski definition) is 8. The standard InChI is InChI=1S/C22H16ClF6N5O5S2/c23-18-15(6-17(40-18)41(38,39)33-12(8-35)9-36)32-20(37)13-7-30-34-16(22(27,28)29)5-14(31-19(13)34)10-1-3-11(4-2-10)21(24,25)26/h1-7,12,33,35-36H,8-9H2,(H,32,37). The van der Waals surface area contributed by atoms with E-state index in [9.17, 15) is 39.6 Å². The Morgan fingerprint density at radius 1 is 1.05 bits per heavy atom. The van der Waals surface area contributed by atoms with Gasteiger partial charge in [-0.2, -0.15) is 31.4 Å². The van der Waals surface area contributed by atoms with Gasteiger partial charge in [0.15, 0.2) is 11.3 Å². The quantitative estimate of drug-likeness (QED) is 0.212. The van der Waals surface area contributed by atoms with Crippen molar-refractivity contribution in [2.24, 2.45) is 0 Å². The summed E-state index contributed by atoms with van der Waals surface area (Å²) in [5.74, 6) is -1.08. The number of benzene rings is 1. The molecule has 0 aliphatic heterocycles. The van der Waals surface area contributed by atoms with Crippen LogP contribution in [0.4, 0.5) is 32.0 Å². The van der Waals surface area contributed by atoms with Gasteiger partial charge in [-0.05, 0) is 24.3 Å². The summed E-state index contributed by atoms with van der Waals surface area (Å²) in [4.78, 5) is 17.1. The third-order valence-corrected chi connectivity index (χ3v) is 8.81. The van der Waals surface area contributed by atoms with Crippen molar-refractivity contribution in [3.8, 4) is 11.3 Å². The maximum Gasteiger partial charge on any atom is 0.433 e. The van der Waals surface area contributed by atoms with Crippen molar-refractivity contribution in [1.82, 2.24) is 19.3 Å². The number of thiophene rings is 1. The molecule has 4 aromatic rings. The highest BCUT2D eigenvalue weighted by Gasteiger charge is 2.36. The maximum atomic E-state index is 13.9. The van der Waals surface area contributed by atoms with Crippen LogP contribution in [0, 0.1) is 0 Å². The Bertz CT molecular complexity index is 1700. The summed E-state index contributed by atoms with van der Waals surface area (Å²) in [6, 6.07) is 3.49. The molecule has 19 heteroatoms. The number of nitrogens with zero attached hydrogens (tertiary/aromatic N) is 3. The minimum atomic E-state index is -5.00. The van der Waals surface area contributed by atoms with Gasteiger partial charge in [0, 0.05) is 5.56 Å². The number of nitrogens with one attached hydrogen (secondary N) is 2. The number of aliphatic hydroxyl groups excluding tert-OH is 2. The first-order valence-corrected chi connectivity index (χ1v) is 13.7. The average molecular weight is 644 g/mol. The van der Waals surface area contributed by atoms with Crippen LogP contribution < -0.4 is 10.0 Å². The van der Waals surface area contributed by atoms with Gasteiger partial charge in [0.25, 0.3) is 15.9 Å². The van der Waals surface area contributed by atoms with Crippen LogP contribution in [0.5, 0.6) is 0 Å². The molecule has 0 aliphatic carbocycles. The van der Waals surface area contributed by atoms with Crippen LogP contribution in [-0.2, 0) is 22.4 Å². The molecule has 0 atom stereocenters. The number of amides is 1. The van der Waals surface area contributed by atoms with Crippen LogP contribution >= 0.6 is 22.9 Å². The minimum Gasteiger partial charge on any atom is -0.395 e. The van der Waals surface area contributed by atoms with Crippen molar-refractivity contribution in [2.45, 2.75) is 22.6 Å². The normalized spacial score (nSPS) is 12.8. The summed E-state index contributed by atoms with van der Waals surface area (Å²) < 4.78 is 107. The van der Waals surface area contributed by atoms with E-state index in [0.717, 1.165) is 24.4 Å². The summed E-state index contributed by atoms with van der Waals surface area (Å²) in [5.41, 5.74) is -4.23. The van der Waals surface area contributed by atoms with Gasteiger partial charge >= 0.3 is 12.4 Å². The fourth-order valence-corrected chi connectivity index (χ4v) is 6.34. The first kappa shape index (κ1) is 30.7. The van der Waals surface area contributed by atoms with Gasteiger partial charge in [0.1, 0.15) is 14.1 Å². The minimum absolute atomic E-state index is 0.106. The summed E-state index contributed by atoms with van der Waals surface area (Å²) in [6.07, 6.45) is -8.91. The number of anilines is 1. The van der Waals surface area contributed by atoms with E-state index in [0.29, 0.717) is 34.1 Å². The van der Waals surface area contributed by atoms with Crippen molar-refractivity contribution in [3.05, 3.63) is 63.8 Å². The summed E-state index contributed by atoms with van der Waals surface area (Å²) in [5, 5.41) is 24.1. The molecule has 0 saturated heterocycles. The molecule has 0 unspecified atom stereocenters. The molecule has 0 saturated carbocycles. The highest BCUT2D eigenvalue weighted by molar-refractivity contribution is 7.91. The molecule has 1 aromatic carbocycles. The van der Waals surface area contributed by atoms with Gasteiger partial charge in [-0.15, -0.1) is 11.3 Å². The van der Waals surface area contributed by atoms with Crippen LogP contribution in [0.1, 0.15) is 21.6 Å². The lowest BCUT2D eigenvalue weighted by Gasteiger charge is -2.12. The van der Waals surface area contributed by atoms with Gasteiger partial charge in [-0.1, -0.05) is 23.7 Å². The second kappa shape index (κ2) is 11.2. The van der Waals surface area contributed by atoms with E-state index >= 15 is 0 Å². The molecule has 4 N–H and O–H groups in total. The van der Waals surface area contributed by atoms with Crippen LogP contribution in [0.25, 0.3) is 16.9 Å². The first-order chi connectivity index (χ1) is 19.0. The molecule has 41 heavy (non-hydrogen) atoms. The predicted molar refractivity (Wildman–Crippen MR) is 134 cm³/mol. The average Bonchev–Trinajstić information content (AvgIpc) is 3.49. The van der Waals surface area contributed by atoms with Crippen LogP contribution in [0.3, 0.4) is 0 Å². The van der Waals surface area contributed by atoms with Gasteiger partial charge in [0.2, 0.25) is 0 Å².